The Labute approximate surface area is 192 Å². The third-order valence-electron chi connectivity index (χ3n) is 5.46. The smallest absolute Gasteiger partial charge is 0.380 e. The quantitative estimate of drug-likeness (QED) is 0.160. The first-order valence-corrected chi connectivity index (χ1v) is 15.1. The molecule has 0 spiro atoms. The summed E-state index contributed by atoms with van der Waals surface area (Å²) in [7, 11) is 4.99. The first kappa shape index (κ1) is 31.1. The number of hydrogen-bond donors (Lipinski definition) is 0. The Balaban J connectivity index is 3.72. The van der Waals surface area contributed by atoms with E-state index in [1.165, 1.54) is 0 Å². The first-order chi connectivity index (χ1) is 15.0. The second kappa shape index (κ2) is 19.5. The lowest BCUT2D eigenvalue weighted by molar-refractivity contribution is 0.0734. The van der Waals surface area contributed by atoms with Gasteiger partial charge in [-0.25, -0.2) is 0 Å². The SMILES string of the molecule is CCN(CCOCCCC[Si](OC)(OC)OC)CCOCCCC[Si](OC)(OC)OC. The normalized spacial score (nSPS) is 12.8. The van der Waals surface area contributed by atoms with Crippen molar-refractivity contribution in [3.8, 4) is 0 Å². The minimum absolute atomic E-state index is 0.729. The van der Waals surface area contributed by atoms with Crippen molar-refractivity contribution < 1.29 is 36.0 Å². The lowest BCUT2D eigenvalue weighted by Crippen LogP contribution is -2.42. The highest BCUT2D eigenvalue weighted by Gasteiger charge is 2.37. The molecule has 9 nitrogen and oxygen atoms in total. The number of nitrogens with zero attached hydrogens (tertiary/aromatic N) is 1. The first-order valence-electron chi connectivity index (χ1n) is 11.2. The Morgan fingerprint density at radius 1 is 0.516 bits per heavy atom. The van der Waals surface area contributed by atoms with Gasteiger partial charge in [0.05, 0.1) is 13.2 Å². The second-order valence-electron chi connectivity index (χ2n) is 7.16. The van der Waals surface area contributed by atoms with E-state index in [-0.39, 0.29) is 0 Å². The maximum Gasteiger partial charge on any atom is 0.500 e. The van der Waals surface area contributed by atoms with E-state index in [4.69, 9.17) is 36.0 Å². The van der Waals surface area contributed by atoms with Crippen LogP contribution >= 0.6 is 0 Å². The maximum absolute atomic E-state index is 5.78. The average molecular weight is 486 g/mol. The second-order valence-corrected chi connectivity index (χ2v) is 13.3. The van der Waals surface area contributed by atoms with Gasteiger partial charge in [0.1, 0.15) is 0 Å². The number of unbranched alkanes of at least 4 members (excludes halogenated alkanes) is 2. The van der Waals surface area contributed by atoms with Gasteiger partial charge in [0.15, 0.2) is 0 Å². The summed E-state index contributed by atoms with van der Waals surface area (Å²) in [6.07, 6.45) is 3.88. The largest absolute Gasteiger partial charge is 0.500 e. The van der Waals surface area contributed by atoms with Crippen LogP contribution in [0.1, 0.15) is 32.6 Å². The molecule has 0 aromatic rings. The molecule has 0 saturated carbocycles. The van der Waals surface area contributed by atoms with Crippen molar-refractivity contribution >= 4 is 17.6 Å². The molecule has 0 N–H and O–H groups in total. The molecule has 0 amide bonds. The molecular formula is C20H47NO8Si2. The molecule has 0 heterocycles. The molecule has 0 saturated heterocycles. The van der Waals surface area contributed by atoms with E-state index in [0.29, 0.717) is 0 Å². The van der Waals surface area contributed by atoms with Crippen LogP contribution in [0.5, 0.6) is 0 Å². The number of rotatable bonds is 23. The van der Waals surface area contributed by atoms with E-state index < -0.39 is 17.6 Å². The Kier molecular flexibility index (Phi) is 19.6. The lowest BCUT2D eigenvalue weighted by atomic mass is 10.3. The highest BCUT2D eigenvalue weighted by Crippen LogP contribution is 2.17. The van der Waals surface area contributed by atoms with E-state index in [2.05, 4.69) is 11.8 Å². The average Bonchev–Trinajstić information content (AvgIpc) is 2.82. The molecule has 0 fully saturated rings. The fraction of sp³-hybridized carbons (Fsp3) is 1.00. The van der Waals surface area contributed by atoms with Crippen LogP contribution in [-0.4, -0.2) is 111 Å². The summed E-state index contributed by atoms with van der Waals surface area (Å²) in [6.45, 7) is 7.91. The van der Waals surface area contributed by atoms with Crippen LogP contribution in [0.2, 0.25) is 12.1 Å². The van der Waals surface area contributed by atoms with Crippen molar-refractivity contribution in [3.63, 3.8) is 0 Å². The number of hydrogen-bond acceptors (Lipinski definition) is 9. The molecule has 0 unspecified atom stereocenters. The van der Waals surface area contributed by atoms with Crippen LogP contribution in [0.25, 0.3) is 0 Å². The van der Waals surface area contributed by atoms with Crippen molar-refractivity contribution in [2.75, 3.05) is 88.7 Å². The van der Waals surface area contributed by atoms with Gasteiger partial charge in [-0.15, -0.1) is 0 Å². The molecule has 0 rings (SSSR count). The van der Waals surface area contributed by atoms with E-state index in [0.717, 1.165) is 83.8 Å². The third kappa shape index (κ3) is 13.4. The Morgan fingerprint density at radius 3 is 1.16 bits per heavy atom. The minimum atomic E-state index is -2.45. The van der Waals surface area contributed by atoms with Crippen molar-refractivity contribution in [1.82, 2.24) is 4.90 Å². The van der Waals surface area contributed by atoms with Gasteiger partial charge in [0, 0.05) is 81.1 Å². The van der Waals surface area contributed by atoms with Gasteiger partial charge in [0.2, 0.25) is 0 Å². The highest BCUT2D eigenvalue weighted by molar-refractivity contribution is 6.60. The number of likely N-dealkylation sites (N-methyl/N-ethyl adjacent to an activating group) is 1. The molecule has 11 heteroatoms. The third-order valence-corrected chi connectivity index (χ3v) is 11.1. The van der Waals surface area contributed by atoms with Gasteiger partial charge >= 0.3 is 17.6 Å². The van der Waals surface area contributed by atoms with Gasteiger partial charge in [-0.2, -0.15) is 0 Å². The summed E-state index contributed by atoms with van der Waals surface area (Å²) in [6, 6.07) is 1.62. The predicted molar refractivity (Wildman–Crippen MR) is 125 cm³/mol. The summed E-state index contributed by atoms with van der Waals surface area (Å²) in [5.41, 5.74) is 0. The van der Waals surface area contributed by atoms with E-state index >= 15 is 0 Å². The van der Waals surface area contributed by atoms with Gasteiger partial charge in [0.25, 0.3) is 0 Å². The zero-order valence-electron chi connectivity index (χ0n) is 20.9. The van der Waals surface area contributed by atoms with Crippen molar-refractivity contribution in [2.45, 2.75) is 44.7 Å². The molecule has 0 atom stereocenters. The minimum Gasteiger partial charge on any atom is -0.380 e. The lowest BCUT2D eigenvalue weighted by Gasteiger charge is -2.24. The Hall–Kier alpha value is 0.0738. The van der Waals surface area contributed by atoms with Crippen LogP contribution in [0, 0.1) is 0 Å². The fourth-order valence-corrected chi connectivity index (χ4v) is 6.81. The van der Waals surface area contributed by atoms with Crippen LogP contribution in [0.4, 0.5) is 0 Å². The van der Waals surface area contributed by atoms with Gasteiger partial charge in [-0.05, 0) is 32.2 Å². The zero-order chi connectivity index (χ0) is 23.4. The van der Waals surface area contributed by atoms with Gasteiger partial charge in [-0.1, -0.05) is 6.92 Å². The zero-order valence-corrected chi connectivity index (χ0v) is 22.9. The summed E-state index contributed by atoms with van der Waals surface area (Å²) in [5, 5.41) is 0. The standard InChI is InChI=1S/C20H47NO8Si2/c1-8-21(13-17-28-15-9-11-19-30(22-2,23-3)24-4)14-18-29-16-10-12-20-31(25-5,26-6)27-7/h8-20H2,1-7H3. The molecule has 188 valence electrons. The van der Waals surface area contributed by atoms with Crippen molar-refractivity contribution in [3.05, 3.63) is 0 Å². The summed E-state index contributed by atoms with van der Waals surface area (Å²) in [4.78, 5) is 2.34. The fourth-order valence-electron chi connectivity index (χ4n) is 3.22. The molecule has 0 aromatic carbocycles. The predicted octanol–water partition coefficient (Wildman–Crippen LogP) is 2.66. The van der Waals surface area contributed by atoms with E-state index in [1.807, 2.05) is 0 Å². The van der Waals surface area contributed by atoms with Gasteiger partial charge < -0.3 is 36.0 Å². The molecule has 0 aromatic heterocycles. The molecule has 0 bridgehead atoms. The van der Waals surface area contributed by atoms with Gasteiger partial charge in [-0.3, -0.25) is 4.90 Å². The summed E-state index contributed by atoms with van der Waals surface area (Å²) < 4.78 is 44.1. The van der Waals surface area contributed by atoms with Crippen LogP contribution < -0.4 is 0 Å². The van der Waals surface area contributed by atoms with Crippen molar-refractivity contribution in [1.29, 1.82) is 0 Å². The number of ether oxygens (including phenoxy) is 2. The topological polar surface area (TPSA) is 77.1 Å². The van der Waals surface area contributed by atoms with E-state index in [1.54, 1.807) is 42.7 Å². The van der Waals surface area contributed by atoms with Crippen LogP contribution in [0.3, 0.4) is 0 Å². The molecule has 0 aliphatic rings. The maximum atomic E-state index is 5.78. The van der Waals surface area contributed by atoms with Crippen LogP contribution in [-0.2, 0) is 36.0 Å². The molecule has 31 heavy (non-hydrogen) atoms. The molecular weight excluding hydrogens is 438 g/mol. The molecule has 0 radical (unpaired) electrons. The Morgan fingerprint density at radius 2 is 0.871 bits per heavy atom. The van der Waals surface area contributed by atoms with Crippen LogP contribution in [0.15, 0.2) is 0 Å². The summed E-state index contributed by atoms with van der Waals surface area (Å²) >= 11 is 0. The van der Waals surface area contributed by atoms with Crippen molar-refractivity contribution in [2.24, 2.45) is 0 Å². The summed E-state index contributed by atoms with van der Waals surface area (Å²) in [5.74, 6) is 0. The van der Waals surface area contributed by atoms with E-state index in [9.17, 15) is 0 Å². The Bertz CT molecular complexity index is 351. The highest BCUT2D eigenvalue weighted by atomic mass is 28.4. The molecule has 0 aliphatic heterocycles. The monoisotopic (exact) mass is 485 g/mol. The molecule has 0 aliphatic carbocycles.